The van der Waals surface area contributed by atoms with E-state index in [1.54, 1.807) is 12.1 Å². The van der Waals surface area contributed by atoms with Gasteiger partial charge in [-0.2, -0.15) is 0 Å². The van der Waals surface area contributed by atoms with Crippen LogP contribution in [-0.2, 0) is 26.0 Å². The number of sulfone groups is 1. The van der Waals surface area contributed by atoms with Crippen LogP contribution in [-0.4, -0.2) is 80.5 Å². The predicted molar refractivity (Wildman–Crippen MR) is 168 cm³/mol. The molecule has 0 aromatic heterocycles. The van der Waals surface area contributed by atoms with E-state index in [4.69, 9.17) is 0 Å². The van der Waals surface area contributed by atoms with Crippen LogP contribution in [0.15, 0.2) is 59.5 Å². The third-order valence-electron chi connectivity index (χ3n) is 10.8. The number of carbonyl (C=O) groups is 2. The maximum Gasteiger partial charge on any atom is 0.229 e. The lowest BCUT2D eigenvalue weighted by molar-refractivity contribution is -0.139. The van der Waals surface area contributed by atoms with E-state index in [0.717, 1.165) is 76.9 Å². The lowest BCUT2D eigenvalue weighted by Gasteiger charge is -2.39. The zero-order valence-corrected chi connectivity index (χ0v) is 26.4. The number of nitrogens with zero attached hydrogens (tertiary/aromatic N) is 3. The highest BCUT2D eigenvalue weighted by Crippen LogP contribution is 2.43. The fourth-order valence-electron chi connectivity index (χ4n) is 8.16. The van der Waals surface area contributed by atoms with Crippen molar-refractivity contribution >= 4 is 21.7 Å². The minimum atomic E-state index is -3.23. The molecule has 1 spiro atoms. The summed E-state index contributed by atoms with van der Waals surface area (Å²) in [5.41, 5.74) is 2.02. The Hall–Kier alpha value is -2.71. The molecule has 6 rings (SSSR count). The Balaban J connectivity index is 1.07. The molecule has 0 unspecified atom stereocenters. The molecule has 232 valence electrons. The van der Waals surface area contributed by atoms with Crippen molar-refractivity contribution in [1.29, 1.82) is 0 Å². The zero-order chi connectivity index (χ0) is 30.0. The molecule has 0 bridgehead atoms. The molecule has 3 heterocycles. The molecule has 1 aliphatic carbocycles. The van der Waals surface area contributed by atoms with E-state index in [-0.39, 0.29) is 17.2 Å². The van der Waals surface area contributed by atoms with E-state index in [1.165, 1.54) is 37.5 Å². The van der Waals surface area contributed by atoms with Crippen molar-refractivity contribution in [3.8, 4) is 0 Å². The number of carbonyl (C=O) groups excluding carboxylic acids is 2. The molecule has 4 fully saturated rings. The van der Waals surface area contributed by atoms with Gasteiger partial charge in [-0.15, -0.1) is 0 Å². The van der Waals surface area contributed by atoms with Crippen molar-refractivity contribution in [2.24, 2.45) is 17.3 Å². The fourth-order valence-corrected chi connectivity index (χ4v) is 8.79. The van der Waals surface area contributed by atoms with Crippen LogP contribution in [0.3, 0.4) is 0 Å². The molecule has 1 saturated carbocycles. The molecular weight excluding hydrogens is 558 g/mol. The second-order valence-electron chi connectivity index (χ2n) is 13.7. The molecule has 7 nitrogen and oxygen atoms in total. The van der Waals surface area contributed by atoms with E-state index in [1.807, 2.05) is 17.0 Å². The maximum atomic E-state index is 13.7. The smallest absolute Gasteiger partial charge is 0.229 e. The Morgan fingerprint density at radius 2 is 1.51 bits per heavy atom. The number of hydrogen-bond donors (Lipinski definition) is 0. The largest absolute Gasteiger partial charge is 0.341 e. The van der Waals surface area contributed by atoms with Gasteiger partial charge in [0.25, 0.3) is 0 Å². The molecule has 2 aromatic carbocycles. The number of amides is 2. The monoisotopic (exact) mass is 605 g/mol. The van der Waals surface area contributed by atoms with Crippen molar-refractivity contribution in [1.82, 2.24) is 14.7 Å². The van der Waals surface area contributed by atoms with Crippen LogP contribution in [0.5, 0.6) is 0 Å². The van der Waals surface area contributed by atoms with Crippen molar-refractivity contribution in [2.75, 3.05) is 45.5 Å². The van der Waals surface area contributed by atoms with Gasteiger partial charge in [0.1, 0.15) is 0 Å². The van der Waals surface area contributed by atoms with Crippen molar-refractivity contribution in [3.05, 3.63) is 65.7 Å². The van der Waals surface area contributed by atoms with E-state index >= 15 is 0 Å². The highest BCUT2D eigenvalue weighted by Gasteiger charge is 2.48. The standard InChI is InChI=1S/C35H47N3O4S/c1-43(41,42)31-15-13-27(14-16-31)23-37-22-19-35(34(37)40)17-20-36(21-18-35)24-30-25-38(26-32(30)28-9-7-4-8-10-28)33(39)29-11-5-2-3-6-12-29/h4,7-10,13-16,29-30,32H,2-3,5-6,11-12,17-26H2,1H3/t30-,32+/m0/s1. The Labute approximate surface area is 257 Å². The number of benzene rings is 2. The van der Waals surface area contributed by atoms with Gasteiger partial charge in [-0.1, -0.05) is 68.1 Å². The summed E-state index contributed by atoms with van der Waals surface area (Å²) in [6.07, 6.45) is 10.8. The molecule has 2 amide bonds. The summed E-state index contributed by atoms with van der Waals surface area (Å²) >= 11 is 0. The van der Waals surface area contributed by atoms with Gasteiger partial charge in [0.05, 0.1) is 10.3 Å². The van der Waals surface area contributed by atoms with Gasteiger partial charge in [0.2, 0.25) is 11.8 Å². The molecule has 0 N–H and O–H groups in total. The van der Waals surface area contributed by atoms with Crippen molar-refractivity contribution in [2.45, 2.75) is 75.1 Å². The molecule has 4 aliphatic rings. The van der Waals surface area contributed by atoms with Crippen molar-refractivity contribution in [3.63, 3.8) is 0 Å². The molecule has 43 heavy (non-hydrogen) atoms. The molecule has 8 heteroatoms. The third kappa shape index (κ3) is 6.70. The quantitative estimate of drug-likeness (QED) is 0.410. The molecule has 2 atom stereocenters. The number of hydrogen-bond acceptors (Lipinski definition) is 5. The predicted octanol–water partition coefficient (Wildman–Crippen LogP) is 5.12. The van der Waals surface area contributed by atoms with E-state index in [2.05, 4.69) is 40.1 Å². The highest BCUT2D eigenvalue weighted by atomic mass is 32.2. The van der Waals surface area contributed by atoms with Gasteiger partial charge in [-0.05, 0) is 74.4 Å². The summed E-state index contributed by atoms with van der Waals surface area (Å²) in [4.78, 5) is 34.3. The van der Waals surface area contributed by atoms with Gasteiger partial charge >= 0.3 is 0 Å². The summed E-state index contributed by atoms with van der Waals surface area (Å²) in [5, 5.41) is 0. The summed E-state index contributed by atoms with van der Waals surface area (Å²) < 4.78 is 23.6. The Bertz CT molecular complexity index is 1380. The van der Waals surface area contributed by atoms with Crippen LogP contribution in [0.1, 0.15) is 74.8 Å². The SMILES string of the molecule is CS(=O)(=O)c1ccc(CN2CCC3(CCN(C[C@H]4CN(C(=O)C5CCCCCC5)C[C@@H]4c4ccccc4)CC3)C2=O)cc1. The van der Waals surface area contributed by atoms with Gasteiger partial charge in [-0.25, -0.2) is 8.42 Å². The van der Waals surface area contributed by atoms with Crippen molar-refractivity contribution < 1.29 is 18.0 Å². The topological polar surface area (TPSA) is 78.0 Å². The fraction of sp³-hybridized carbons (Fsp3) is 0.600. The number of likely N-dealkylation sites (tertiary alicyclic amines) is 3. The van der Waals surface area contributed by atoms with Gasteiger partial charge in [-0.3, -0.25) is 9.59 Å². The number of rotatable bonds is 7. The molecule has 0 radical (unpaired) electrons. The lowest BCUT2D eigenvalue weighted by Crippen LogP contribution is -2.46. The van der Waals surface area contributed by atoms with E-state index in [0.29, 0.717) is 29.2 Å². The third-order valence-corrected chi connectivity index (χ3v) is 11.9. The lowest BCUT2D eigenvalue weighted by atomic mass is 9.76. The summed E-state index contributed by atoms with van der Waals surface area (Å²) in [7, 11) is -3.23. The van der Waals surface area contributed by atoms with Crippen LogP contribution >= 0.6 is 0 Å². The Morgan fingerprint density at radius 3 is 2.16 bits per heavy atom. The first-order valence-electron chi connectivity index (χ1n) is 16.4. The molecule has 3 aliphatic heterocycles. The summed E-state index contributed by atoms with van der Waals surface area (Å²) in [5.74, 6) is 1.58. The van der Waals surface area contributed by atoms with Crippen LogP contribution < -0.4 is 0 Å². The van der Waals surface area contributed by atoms with Crippen LogP contribution in [0.25, 0.3) is 0 Å². The summed E-state index contributed by atoms with van der Waals surface area (Å²) in [6, 6.07) is 17.7. The Morgan fingerprint density at radius 1 is 0.860 bits per heavy atom. The normalized spacial score (nSPS) is 25.4. The molecule has 2 aromatic rings. The first-order chi connectivity index (χ1) is 20.7. The minimum absolute atomic E-state index is 0.196. The summed E-state index contributed by atoms with van der Waals surface area (Å²) in [6.45, 7) is 5.73. The average Bonchev–Trinajstić information content (AvgIpc) is 3.42. The molecular formula is C35H47N3O4S. The first-order valence-corrected chi connectivity index (χ1v) is 18.3. The second kappa shape index (κ2) is 12.7. The second-order valence-corrected chi connectivity index (χ2v) is 15.7. The number of piperidine rings is 1. The average molecular weight is 606 g/mol. The van der Waals surface area contributed by atoms with Crippen LogP contribution in [0.2, 0.25) is 0 Å². The Kier molecular flexibility index (Phi) is 8.97. The van der Waals surface area contributed by atoms with Gasteiger partial charge in [0.15, 0.2) is 9.84 Å². The van der Waals surface area contributed by atoms with E-state index < -0.39 is 9.84 Å². The van der Waals surface area contributed by atoms with Crippen LogP contribution in [0.4, 0.5) is 0 Å². The van der Waals surface area contributed by atoms with Gasteiger partial charge < -0.3 is 14.7 Å². The highest BCUT2D eigenvalue weighted by molar-refractivity contribution is 7.90. The zero-order valence-electron chi connectivity index (χ0n) is 25.6. The van der Waals surface area contributed by atoms with Crippen LogP contribution in [0, 0.1) is 17.3 Å². The van der Waals surface area contributed by atoms with E-state index in [9.17, 15) is 18.0 Å². The first kappa shape index (κ1) is 30.3. The molecule has 3 saturated heterocycles. The maximum absolute atomic E-state index is 13.7. The van der Waals surface area contributed by atoms with Gasteiger partial charge in [0, 0.05) is 50.8 Å². The minimum Gasteiger partial charge on any atom is -0.341 e.